The normalized spacial score (nSPS) is 13.1. The Morgan fingerprint density at radius 2 is 2.04 bits per heavy atom. The van der Waals surface area contributed by atoms with Gasteiger partial charge in [-0.15, -0.1) is 11.3 Å². The zero-order valence-corrected chi connectivity index (χ0v) is 15.8. The fraction of sp³-hybridized carbons (Fsp3) is 0.368. The number of esters is 1. The van der Waals surface area contributed by atoms with Gasteiger partial charge >= 0.3 is 5.97 Å². The van der Waals surface area contributed by atoms with Crippen LogP contribution in [0.5, 0.6) is 0 Å². The van der Waals surface area contributed by atoms with Gasteiger partial charge in [0.1, 0.15) is 5.82 Å². The molecule has 0 bridgehead atoms. The summed E-state index contributed by atoms with van der Waals surface area (Å²) in [6.45, 7) is 1.67. The van der Waals surface area contributed by atoms with Crippen LogP contribution in [-0.2, 0) is 16.0 Å². The average molecular weight is 387 g/mol. The second-order valence-corrected chi connectivity index (χ2v) is 7.52. The molecule has 7 nitrogen and oxygen atoms in total. The molecular weight excluding hydrogens is 366 g/mol. The number of Topliss-reactive ketones (excluding diaryl/α,β-unsaturated/α-hetero) is 1. The summed E-state index contributed by atoms with van der Waals surface area (Å²) in [6, 6.07) is 7.41. The number of thiophene rings is 1. The molecular formula is C19H21N3O4S. The van der Waals surface area contributed by atoms with E-state index in [9.17, 15) is 14.4 Å². The zero-order valence-electron chi connectivity index (χ0n) is 15.0. The fourth-order valence-corrected chi connectivity index (χ4v) is 3.28. The van der Waals surface area contributed by atoms with Crippen molar-refractivity contribution in [3.05, 3.63) is 45.8 Å². The molecule has 1 aliphatic rings. The maximum absolute atomic E-state index is 12.2. The van der Waals surface area contributed by atoms with Crippen molar-refractivity contribution in [1.29, 1.82) is 0 Å². The number of hydrogen-bond donors (Lipinski definition) is 2. The summed E-state index contributed by atoms with van der Waals surface area (Å²) >= 11 is 1.34. The van der Waals surface area contributed by atoms with Crippen molar-refractivity contribution < 1.29 is 19.1 Å². The van der Waals surface area contributed by atoms with Crippen molar-refractivity contribution in [2.45, 2.75) is 32.2 Å². The Balaban J connectivity index is 1.45. The summed E-state index contributed by atoms with van der Waals surface area (Å²) in [4.78, 5) is 40.8. The van der Waals surface area contributed by atoms with Gasteiger partial charge < -0.3 is 15.4 Å². The van der Waals surface area contributed by atoms with E-state index < -0.39 is 5.97 Å². The van der Waals surface area contributed by atoms with Crippen LogP contribution in [0.4, 0.5) is 5.82 Å². The number of nitrogens with zero attached hydrogens (tertiary/aromatic N) is 1. The van der Waals surface area contributed by atoms with E-state index in [4.69, 9.17) is 4.74 Å². The van der Waals surface area contributed by atoms with Gasteiger partial charge in [0.25, 0.3) is 0 Å². The topological polar surface area (TPSA) is 97.4 Å². The number of rotatable bonds is 9. The van der Waals surface area contributed by atoms with Crippen molar-refractivity contribution in [2.75, 3.05) is 18.5 Å². The number of carbonyl (C=O) groups is 3. The quantitative estimate of drug-likeness (QED) is 0.507. The van der Waals surface area contributed by atoms with Crippen LogP contribution < -0.4 is 10.6 Å². The van der Waals surface area contributed by atoms with Crippen LogP contribution in [0.15, 0.2) is 30.5 Å². The first kappa shape index (κ1) is 19.0. The maximum atomic E-state index is 12.2. The molecule has 1 saturated carbocycles. The zero-order chi connectivity index (χ0) is 19.2. The molecule has 0 saturated heterocycles. The summed E-state index contributed by atoms with van der Waals surface area (Å²) in [5.41, 5.74) is 0.311. The van der Waals surface area contributed by atoms with Crippen LogP contribution in [0, 0.1) is 0 Å². The molecule has 1 amide bonds. The third-order valence-corrected chi connectivity index (χ3v) is 5.13. The number of ether oxygens (including phenoxy) is 1. The molecule has 8 heteroatoms. The van der Waals surface area contributed by atoms with Gasteiger partial charge in [-0.1, -0.05) is 0 Å². The molecule has 3 rings (SSSR count). The van der Waals surface area contributed by atoms with Crippen LogP contribution in [0.25, 0.3) is 0 Å². The molecule has 0 atom stereocenters. The van der Waals surface area contributed by atoms with E-state index in [1.54, 1.807) is 18.2 Å². The van der Waals surface area contributed by atoms with Gasteiger partial charge in [0.15, 0.2) is 6.61 Å². The molecule has 1 aliphatic carbocycles. The van der Waals surface area contributed by atoms with Gasteiger partial charge in [0.2, 0.25) is 11.7 Å². The maximum Gasteiger partial charge on any atom is 0.340 e. The first-order valence-corrected chi connectivity index (χ1v) is 9.59. The Bertz CT molecular complexity index is 828. The van der Waals surface area contributed by atoms with Crippen molar-refractivity contribution in [3.8, 4) is 0 Å². The molecule has 0 unspecified atom stereocenters. The summed E-state index contributed by atoms with van der Waals surface area (Å²) in [6.07, 6.45) is 4.39. The van der Waals surface area contributed by atoms with E-state index in [1.165, 1.54) is 24.5 Å². The number of ketones is 1. The summed E-state index contributed by atoms with van der Waals surface area (Å²) in [5.74, 6) is -0.175. The molecule has 0 spiro atoms. The van der Waals surface area contributed by atoms with Crippen LogP contribution in [-0.4, -0.2) is 41.8 Å². The van der Waals surface area contributed by atoms with E-state index >= 15 is 0 Å². The fourth-order valence-electron chi connectivity index (χ4n) is 2.35. The lowest BCUT2D eigenvalue weighted by Gasteiger charge is -2.05. The predicted molar refractivity (Wildman–Crippen MR) is 102 cm³/mol. The molecule has 0 aliphatic heterocycles. The van der Waals surface area contributed by atoms with Gasteiger partial charge in [-0.05, 0) is 43.5 Å². The second-order valence-electron chi connectivity index (χ2n) is 6.35. The Morgan fingerprint density at radius 1 is 1.22 bits per heavy atom. The number of carbonyl (C=O) groups excluding carboxylic acids is 3. The van der Waals surface area contributed by atoms with E-state index in [2.05, 4.69) is 15.6 Å². The van der Waals surface area contributed by atoms with E-state index in [0.717, 1.165) is 23.5 Å². The standard InChI is InChI=1S/C19H21N3O4S/c1-12(23)20-9-8-15-5-6-17(27-15)16(24)11-26-19(25)13-2-7-18(21-10-13)22-14-3-4-14/h2,5-7,10,14H,3-4,8-9,11H2,1H3,(H,20,23)(H,21,22). The Morgan fingerprint density at radius 3 is 2.70 bits per heavy atom. The highest BCUT2D eigenvalue weighted by Crippen LogP contribution is 2.23. The van der Waals surface area contributed by atoms with Crippen LogP contribution in [0.2, 0.25) is 0 Å². The van der Waals surface area contributed by atoms with Crippen LogP contribution in [0.1, 0.15) is 44.7 Å². The molecule has 0 aromatic carbocycles. The smallest absolute Gasteiger partial charge is 0.340 e. The molecule has 142 valence electrons. The van der Waals surface area contributed by atoms with Gasteiger partial charge in [-0.25, -0.2) is 9.78 Å². The molecule has 2 N–H and O–H groups in total. The third kappa shape index (κ3) is 5.89. The van der Waals surface area contributed by atoms with Gasteiger partial charge in [0, 0.05) is 30.6 Å². The van der Waals surface area contributed by atoms with Crippen LogP contribution in [0.3, 0.4) is 0 Å². The molecule has 2 aromatic rings. The lowest BCUT2D eigenvalue weighted by Crippen LogP contribution is -2.22. The van der Waals surface area contributed by atoms with Crippen molar-refractivity contribution in [1.82, 2.24) is 10.3 Å². The van der Waals surface area contributed by atoms with Crippen LogP contribution >= 0.6 is 11.3 Å². The minimum Gasteiger partial charge on any atom is -0.454 e. The average Bonchev–Trinajstić information content (AvgIpc) is 3.34. The lowest BCUT2D eigenvalue weighted by molar-refractivity contribution is -0.118. The number of anilines is 1. The molecule has 0 radical (unpaired) electrons. The summed E-state index contributed by atoms with van der Waals surface area (Å²) in [5, 5.41) is 5.95. The van der Waals surface area contributed by atoms with Gasteiger partial charge in [-0.3, -0.25) is 9.59 Å². The number of nitrogens with one attached hydrogen (secondary N) is 2. The first-order chi connectivity index (χ1) is 13.0. The van der Waals surface area contributed by atoms with E-state index in [0.29, 0.717) is 29.4 Å². The monoisotopic (exact) mass is 387 g/mol. The Hall–Kier alpha value is -2.74. The van der Waals surface area contributed by atoms with E-state index in [1.807, 2.05) is 6.07 Å². The highest BCUT2D eigenvalue weighted by Gasteiger charge is 2.21. The highest BCUT2D eigenvalue weighted by atomic mass is 32.1. The van der Waals surface area contributed by atoms with Crippen molar-refractivity contribution in [2.24, 2.45) is 0 Å². The number of amides is 1. The number of hydrogen-bond acceptors (Lipinski definition) is 7. The Kier molecular flexibility index (Phi) is 6.18. The molecule has 2 heterocycles. The number of aromatic nitrogens is 1. The summed E-state index contributed by atoms with van der Waals surface area (Å²) < 4.78 is 5.10. The van der Waals surface area contributed by atoms with E-state index in [-0.39, 0.29) is 18.3 Å². The highest BCUT2D eigenvalue weighted by molar-refractivity contribution is 7.14. The van der Waals surface area contributed by atoms with Gasteiger partial charge in [-0.2, -0.15) is 0 Å². The number of pyridine rings is 1. The molecule has 1 fully saturated rings. The third-order valence-electron chi connectivity index (χ3n) is 3.94. The first-order valence-electron chi connectivity index (χ1n) is 8.77. The predicted octanol–water partition coefficient (Wildman–Crippen LogP) is 2.44. The van der Waals surface area contributed by atoms with Crippen molar-refractivity contribution >= 4 is 34.8 Å². The molecule has 27 heavy (non-hydrogen) atoms. The minimum atomic E-state index is -0.573. The second kappa shape index (κ2) is 8.77. The largest absolute Gasteiger partial charge is 0.454 e. The molecule has 2 aromatic heterocycles. The SMILES string of the molecule is CC(=O)NCCc1ccc(C(=O)COC(=O)c2ccc(NC3CC3)nc2)s1. The summed E-state index contributed by atoms with van der Waals surface area (Å²) in [7, 11) is 0. The van der Waals surface area contributed by atoms with Gasteiger partial charge in [0.05, 0.1) is 10.4 Å². The lowest BCUT2D eigenvalue weighted by atomic mass is 10.3. The van der Waals surface area contributed by atoms with Crippen molar-refractivity contribution in [3.63, 3.8) is 0 Å². The Labute approximate surface area is 161 Å². The minimum absolute atomic E-state index is 0.0828.